The van der Waals surface area contributed by atoms with Gasteiger partial charge in [-0.05, 0) is 68.1 Å². The second-order valence-corrected chi connectivity index (χ2v) is 11.0. The minimum atomic E-state index is -1.13. The van der Waals surface area contributed by atoms with Crippen molar-refractivity contribution in [3.63, 3.8) is 0 Å². The van der Waals surface area contributed by atoms with Crippen LogP contribution >= 0.6 is 11.6 Å². The smallest absolute Gasteiger partial charge is 0.291 e. The SMILES string of the molecule is COc1ccc(-c2cnc(C(=O)Nc3ccc(C(=O)NCC4CCN(CC5CNC5)CC4)c(Cl)c3)n2C)c(F)c1F. The molecule has 41 heavy (non-hydrogen) atoms. The normalized spacial score (nSPS) is 16.3. The van der Waals surface area contributed by atoms with E-state index in [1.165, 1.54) is 43.1 Å². The van der Waals surface area contributed by atoms with Crippen molar-refractivity contribution in [3.8, 4) is 17.0 Å². The number of likely N-dealkylation sites (tertiary alicyclic amines) is 1. The van der Waals surface area contributed by atoms with E-state index in [0.29, 0.717) is 23.7 Å². The van der Waals surface area contributed by atoms with Crippen molar-refractivity contribution in [2.45, 2.75) is 12.8 Å². The number of carbonyl (C=O) groups is 2. The van der Waals surface area contributed by atoms with Crippen LogP contribution in [0.15, 0.2) is 36.5 Å². The van der Waals surface area contributed by atoms with Gasteiger partial charge in [-0.3, -0.25) is 9.59 Å². The van der Waals surface area contributed by atoms with E-state index < -0.39 is 17.5 Å². The number of aromatic nitrogens is 2. The fourth-order valence-corrected chi connectivity index (χ4v) is 5.54. The average Bonchev–Trinajstić information content (AvgIpc) is 3.32. The summed E-state index contributed by atoms with van der Waals surface area (Å²) in [6.07, 6.45) is 3.39. The van der Waals surface area contributed by atoms with Crippen LogP contribution in [-0.4, -0.2) is 72.6 Å². The standard InChI is InChI=1S/C29H33ClF2N6O3/c1-37-23(21-5-6-24(41-2)26(32)25(21)31)15-34-27(37)29(40)36-19-3-4-20(22(30)11-19)28(39)35-14-17-7-9-38(10-8-17)16-18-12-33-13-18/h3-6,11,15,17-18,33H,7-10,12-14,16H2,1-2H3,(H,35,39)(H,36,40). The molecule has 3 N–H and O–H groups in total. The van der Waals surface area contributed by atoms with E-state index in [1.807, 2.05) is 0 Å². The van der Waals surface area contributed by atoms with Crippen LogP contribution in [0.1, 0.15) is 33.8 Å². The van der Waals surface area contributed by atoms with Gasteiger partial charge in [0, 0.05) is 44.5 Å². The average molecular weight is 587 g/mol. The van der Waals surface area contributed by atoms with Gasteiger partial charge >= 0.3 is 0 Å². The fraction of sp³-hybridized carbons (Fsp3) is 0.414. The Balaban J connectivity index is 1.16. The van der Waals surface area contributed by atoms with E-state index in [-0.39, 0.29) is 33.8 Å². The molecule has 2 aliphatic heterocycles. The number of piperidine rings is 1. The first kappa shape index (κ1) is 29.0. The maximum Gasteiger partial charge on any atom is 0.291 e. The highest BCUT2D eigenvalue weighted by Crippen LogP contribution is 2.30. The maximum atomic E-state index is 14.6. The number of amides is 2. The van der Waals surface area contributed by atoms with Crippen LogP contribution in [0.4, 0.5) is 14.5 Å². The number of ether oxygens (including phenoxy) is 1. The largest absolute Gasteiger partial charge is 0.494 e. The van der Waals surface area contributed by atoms with Crippen molar-refractivity contribution in [2.24, 2.45) is 18.9 Å². The molecule has 0 unspecified atom stereocenters. The first-order valence-corrected chi connectivity index (χ1v) is 14.0. The second-order valence-electron chi connectivity index (χ2n) is 10.6. The monoisotopic (exact) mass is 586 g/mol. The first-order valence-electron chi connectivity index (χ1n) is 13.6. The summed E-state index contributed by atoms with van der Waals surface area (Å²) in [4.78, 5) is 32.3. The molecular weight excluding hydrogens is 554 g/mol. The highest BCUT2D eigenvalue weighted by molar-refractivity contribution is 6.34. The van der Waals surface area contributed by atoms with E-state index >= 15 is 0 Å². The number of hydrogen-bond donors (Lipinski definition) is 3. The zero-order valence-corrected chi connectivity index (χ0v) is 23.7. The van der Waals surface area contributed by atoms with Crippen LogP contribution in [0.2, 0.25) is 5.02 Å². The maximum absolute atomic E-state index is 14.6. The van der Waals surface area contributed by atoms with E-state index in [4.69, 9.17) is 16.3 Å². The van der Waals surface area contributed by atoms with Crippen molar-refractivity contribution >= 4 is 29.1 Å². The molecule has 0 saturated carbocycles. The molecule has 0 atom stereocenters. The Morgan fingerprint density at radius 1 is 1.10 bits per heavy atom. The summed E-state index contributed by atoms with van der Waals surface area (Å²) >= 11 is 6.40. The molecule has 2 aliphatic rings. The predicted molar refractivity (Wildman–Crippen MR) is 152 cm³/mol. The first-order chi connectivity index (χ1) is 19.7. The van der Waals surface area contributed by atoms with Crippen LogP contribution < -0.4 is 20.7 Å². The molecule has 2 saturated heterocycles. The van der Waals surface area contributed by atoms with Crippen molar-refractivity contribution < 1.29 is 23.1 Å². The van der Waals surface area contributed by atoms with Gasteiger partial charge in [0.2, 0.25) is 5.82 Å². The summed E-state index contributed by atoms with van der Waals surface area (Å²) < 4.78 is 35.0. The lowest BCUT2D eigenvalue weighted by Crippen LogP contribution is -2.50. The Labute approximate surface area is 242 Å². The van der Waals surface area contributed by atoms with Crippen LogP contribution in [-0.2, 0) is 7.05 Å². The van der Waals surface area contributed by atoms with Crippen molar-refractivity contribution in [1.29, 1.82) is 0 Å². The number of imidazole rings is 1. The van der Waals surface area contributed by atoms with Gasteiger partial charge in [0.05, 0.1) is 29.6 Å². The molecule has 0 radical (unpaired) electrons. The molecule has 3 heterocycles. The van der Waals surface area contributed by atoms with Crippen LogP contribution in [0, 0.1) is 23.5 Å². The molecule has 5 rings (SSSR count). The summed E-state index contributed by atoms with van der Waals surface area (Å²) in [5, 5.41) is 9.19. The number of methoxy groups -OCH3 is 1. The lowest BCUT2D eigenvalue weighted by Gasteiger charge is -2.37. The third-order valence-corrected chi connectivity index (χ3v) is 8.16. The Morgan fingerprint density at radius 2 is 1.85 bits per heavy atom. The van der Waals surface area contributed by atoms with E-state index in [1.54, 1.807) is 12.1 Å². The Bertz CT molecular complexity index is 1440. The summed E-state index contributed by atoms with van der Waals surface area (Å²) in [5.74, 6) is -2.14. The van der Waals surface area contributed by atoms with Gasteiger partial charge in [0.1, 0.15) is 0 Å². The van der Waals surface area contributed by atoms with Crippen LogP contribution in [0.3, 0.4) is 0 Å². The highest BCUT2D eigenvalue weighted by atomic mass is 35.5. The molecule has 0 bridgehead atoms. The Morgan fingerprint density at radius 3 is 2.51 bits per heavy atom. The van der Waals surface area contributed by atoms with Gasteiger partial charge in [-0.1, -0.05) is 11.6 Å². The number of benzene rings is 2. The molecule has 218 valence electrons. The second kappa shape index (κ2) is 12.5. The quantitative estimate of drug-likeness (QED) is 0.351. The fourth-order valence-electron chi connectivity index (χ4n) is 5.27. The molecule has 3 aromatic rings. The molecular formula is C29H33ClF2N6O3. The van der Waals surface area contributed by atoms with E-state index in [9.17, 15) is 18.4 Å². The van der Waals surface area contributed by atoms with Gasteiger partial charge in [-0.15, -0.1) is 0 Å². The summed E-state index contributed by atoms with van der Waals surface area (Å²) in [5.41, 5.74) is 0.820. The van der Waals surface area contributed by atoms with E-state index in [2.05, 4.69) is 25.8 Å². The molecule has 0 aliphatic carbocycles. The Hall–Kier alpha value is -3.54. The number of rotatable bonds is 9. The summed E-state index contributed by atoms with van der Waals surface area (Å²) in [6, 6.07) is 7.29. The third kappa shape index (κ3) is 6.37. The van der Waals surface area contributed by atoms with Crippen molar-refractivity contribution in [3.05, 3.63) is 64.6 Å². The van der Waals surface area contributed by atoms with Gasteiger partial charge in [0.15, 0.2) is 17.4 Å². The van der Waals surface area contributed by atoms with Crippen molar-refractivity contribution in [2.75, 3.05) is 51.7 Å². The summed E-state index contributed by atoms with van der Waals surface area (Å²) in [7, 11) is 2.77. The minimum absolute atomic E-state index is 0.0241. The third-order valence-electron chi connectivity index (χ3n) is 7.85. The summed E-state index contributed by atoms with van der Waals surface area (Å²) in [6.45, 7) is 6.06. The Kier molecular flexibility index (Phi) is 8.86. The number of hydrogen-bond acceptors (Lipinski definition) is 6. The van der Waals surface area contributed by atoms with Gasteiger partial charge in [0.25, 0.3) is 11.8 Å². The molecule has 12 heteroatoms. The molecule has 2 aromatic carbocycles. The molecule has 1 aromatic heterocycles. The molecule has 2 amide bonds. The number of nitrogens with one attached hydrogen (secondary N) is 3. The zero-order valence-electron chi connectivity index (χ0n) is 23.0. The van der Waals surface area contributed by atoms with E-state index in [0.717, 1.165) is 51.5 Å². The zero-order chi connectivity index (χ0) is 29.1. The van der Waals surface area contributed by atoms with Crippen LogP contribution in [0.5, 0.6) is 5.75 Å². The van der Waals surface area contributed by atoms with Gasteiger partial charge in [-0.25, -0.2) is 9.37 Å². The predicted octanol–water partition coefficient (Wildman–Crippen LogP) is 3.94. The number of halogens is 3. The lowest BCUT2D eigenvalue weighted by molar-refractivity contribution is 0.0929. The van der Waals surface area contributed by atoms with Gasteiger partial charge in [-0.2, -0.15) is 4.39 Å². The number of anilines is 1. The molecule has 2 fully saturated rings. The molecule has 0 spiro atoms. The molecule has 9 nitrogen and oxygen atoms in total. The van der Waals surface area contributed by atoms with Gasteiger partial charge < -0.3 is 30.2 Å². The topological polar surface area (TPSA) is 101 Å². The number of carbonyl (C=O) groups excluding carboxylic acids is 2. The lowest BCUT2D eigenvalue weighted by atomic mass is 9.94. The van der Waals surface area contributed by atoms with Crippen LogP contribution in [0.25, 0.3) is 11.3 Å². The minimum Gasteiger partial charge on any atom is -0.494 e. The number of nitrogens with zero attached hydrogens (tertiary/aromatic N) is 3. The van der Waals surface area contributed by atoms with Crippen molar-refractivity contribution in [1.82, 2.24) is 25.1 Å². The highest BCUT2D eigenvalue weighted by Gasteiger charge is 2.25.